The van der Waals surface area contributed by atoms with Crippen molar-refractivity contribution in [3.8, 4) is 11.3 Å². The fraction of sp³-hybridized carbons (Fsp3) is 0.143. The molecule has 12 heavy (non-hydrogen) atoms. The van der Waals surface area contributed by atoms with Gasteiger partial charge >= 0.3 is 0 Å². The number of nitrogens with zero attached hydrogens (tertiary/aromatic N) is 3. The first-order valence-corrected chi connectivity index (χ1v) is 4.33. The number of thiazole rings is 1. The molecule has 0 spiro atoms. The standard InChI is InChI=1S/C7H8N4S/c1-11-3-5(2-10-11)6-7(8)12-4-9-6/h2-4H,8H2,1H3. The summed E-state index contributed by atoms with van der Waals surface area (Å²) in [5.41, 5.74) is 9.23. The largest absolute Gasteiger partial charge is 0.389 e. The number of aromatic nitrogens is 3. The smallest absolute Gasteiger partial charge is 0.114 e. The Labute approximate surface area is 73.7 Å². The van der Waals surface area contributed by atoms with Gasteiger partial charge in [0.25, 0.3) is 0 Å². The third kappa shape index (κ3) is 1.08. The molecule has 2 aromatic heterocycles. The van der Waals surface area contributed by atoms with Crippen molar-refractivity contribution in [3.05, 3.63) is 17.9 Å². The highest BCUT2D eigenvalue weighted by Crippen LogP contribution is 2.26. The number of anilines is 1. The monoisotopic (exact) mass is 180 g/mol. The van der Waals surface area contributed by atoms with Gasteiger partial charge in [0.2, 0.25) is 0 Å². The van der Waals surface area contributed by atoms with Crippen LogP contribution < -0.4 is 5.73 Å². The minimum Gasteiger partial charge on any atom is -0.389 e. The van der Waals surface area contributed by atoms with Crippen LogP contribution in [0.4, 0.5) is 5.00 Å². The van der Waals surface area contributed by atoms with Crippen molar-refractivity contribution >= 4 is 16.3 Å². The first-order chi connectivity index (χ1) is 5.77. The first-order valence-electron chi connectivity index (χ1n) is 3.45. The summed E-state index contributed by atoms with van der Waals surface area (Å²) in [6, 6.07) is 0. The Morgan fingerprint density at radius 2 is 2.42 bits per heavy atom. The van der Waals surface area contributed by atoms with Crippen LogP contribution in [-0.2, 0) is 7.05 Å². The van der Waals surface area contributed by atoms with Gasteiger partial charge in [0.15, 0.2) is 0 Å². The van der Waals surface area contributed by atoms with E-state index in [-0.39, 0.29) is 0 Å². The summed E-state index contributed by atoms with van der Waals surface area (Å²) in [6.45, 7) is 0. The SMILES string of the molecule is Cn1cc(-c2ncsc2N)cn1. The summed E-state index contributed by atoms with van der Waals surface area (Å²) in [5, 5.41) is 4.78. The zero-order valence-electron chi connectivity index (χ0n) is 6.56. The van der Waals surface area contributed by atoms with E-state index in [0.717, 1.165) is 16.3 Å². The van der Waals surface area contributed by atoms with E-state index in [1.807, 2.05) is 13.2 Å². The molecule has 0 radical (unpaired) electrons. The van der Waals surface area contributed by atoms with Crippen molar-refractivity contribution in [1.29, 1.82) is 0 Å². The van der Waals surface area contributed by atoms with Gasteiger partial charge in [-0.25, -0.2) is 4.98 Å². The van der Waals surface area contributed by atoms with Gasteiger partial charge in [-0.1, -0.05) is 0 Å². The molecular formula is C7H8N4S. The Bertz CT molecular complexity index is 390. The highest BCUT2D eigenvalue weighted by atomic mass is 32.1. The molecule has 2 rings (SSSR count). The minimum atomic E-state index is 0.739. The molecule has 0 fully saturated rings. The van der Waals surface area contributed by atoms with Crippen LogP contribution in [0, 0.1) is 0 Å². The molecule has 0 saturated heterocycles. The van der Waals surface area contributed by atoms with Crippen LogP contribution in [0.25, 0.3) is 11.3 Å². The molecule has 2 heterocycles. The Balaban J connectivity index is 2.50. The van der Waals surface area contributed by atoms with Crippen LogP contribution in [0.15, 0.2) is 17.9 Å². The first kappa shape index (κ1) is 7.30. The Morgan fingerprint density at radius 1 is 1.58 bits per heavy atom. The Morgan fingerprint density at radius 3 is 2.92 bits per heavy atom. The van der Waals surface area contributed by atoms with Crippen molar-refractivity contribution in [1.82, 2.24) is 14.8 Å². The summed E-state index contributed by atoms with van der Waals surface area (Å²) >= 11 is 1.44. The maximum atomic E-state index is 5.70. The molecule has 2 N–H and O–H groups in total. The second kappa shape index (κ2) is 2.60. The summed E-state index contributed by atoms with van der Waals surface area (Å²) in [6.07, 6.45) is 3.65. The van der Waals surface area contributed by atoms with E-state index in [1.54, 1.807) is 16.4 Å². The fourth-order valence-corrected chi connectivity index (χ4v) is 1.57. The molecule has 62 valence electrons. The quantitative estimate of drug-likeness (QED) is 0.715. The third-order valence-electron chi connectivity index (χ3n) is 1.57. The van der Waals surface area contributed by atoms with Gasteiger partial charge in [-0.05, 0) is 0 Å². The molecular weight excluding hydrogens is 172 g/mol. The minimum absolute atomic E-state index is 0.739. The van der Waals surface area contributed by atoms with Gasteiger partial charge in [0.1, 0.15) is 10.7 Å². The predicted molar refractivity (Wildman–Crippen MR) is 48.7 cm³/mol. The maximum Gasteiger partial charge on any atom is 0.114 e. The molecule has 0 bridgehead atoms. The van der Waals surface area contributed by atoms with Gasteiger partial charge in [-0.3, -0.25) is 4.68 Å². The van der Waals surface area contributed by atoms with Gasteiger partial charge in [-0.15, -0.1) is 11.3 Å². The van der Waals surface area contributed by atoms with E-state index in [1.165, 1.54) is 11.3 Å². The molecule has 0 amide bonds. The van der Waals surface area contributed by atoms with Gasteiger partial charge < -0.3 is 5.73 Å². The second-order valence-electron chi connectivity index (χ2n) is 2.47. The Hall–Kier alpha value is -1.36. The van der Waals surface area contributed by atoms with E-state index < -0.39 is 0 Å². The average Bonchev–Trinajstić information content (AvgIpc) is 2.58. The highest BCUT2D eigenvalue weighted by Gasteiger charge is 2.06. The third-order valence-corrected chi connectivity index (χ3v) is 2.23. The van der Waals surface area contributed by atoms with E-state index in [2.05, 4.69) is 10.1 Å². The van der Waals surface area contributed by atoms with Crippen molar-refractivity contribution in [2.75, 3.05) is 5.73 Å². The second-order valence-corrected chi connectivity index (χ2v) is 3.35. The topological polar surface area (TPSA) is 56.7 Å². The lowest BCUT2D eigenvalue weighted by atomic mass is 10.3. The maximum absolute atomic E-state index is 5.70. The van der Waals surface area contributed by atoms with E-state index >= 15 is 0 Å². The van der Waals surface area contributed by atoms with Gasteiger partial charge in [-0.2, -0.15) is 5.10 Å². The number of hydrogen-bond donors (Lipinski definition) is 1. The van der Waals surface area contributed by atoms with E-state index in [9.17, 15) is 0 Å². The molecule has 0 aliphatic heterocycles. The number of nitrogen functional groups attached to an aromatic ring is 1. The van der Waals surface area contributed by atoms with Crippen molar-refractivity contribution in [2.24, 2.45) is 7.05 Å². The molecule has 0 aliphatic carbocycles. The fourth-order valence-electron chi connectivity index (χ4n) is 1.02. The summed E-state index contributed by atoms with van der Waals surface area (Å²) < 4.78 is 1.73. The van der Waals surface area contributed by atoms with Crippen LogP contribution in [0.5, 0.6) is 0 Å². The summed E-state index contributed by atoms with van der Waals surface area (Å²) in [5.74, 6) is 0. The lowest BCUT2D eigenvalue weighted by Crippen LogP contribution is -1.85. The zero-order chi connectivity index (χ0) is 8.55. The number of rotatable bonds is 1. The Kier molecular flexibility index (Phi) is 1.58. The number of aryl methyl sites for hydroxylation is 1. The summed E-state index contributed by atoms with van der Waals surface area (Å²) in [7, 11) is 1.87. The van der Waals surface area contributed by atoms with E-state index in [0.29, 0.717) is 0 Å². The average molecular weight is 180 g/mol. The molecule has 0 saturated carbocycles. The van der Waals surface area contributed by atoms with Crippen LogP contribution in [0.3, 0.4) is 0 Å². The zero-order valence-corrected chi connectivity index (χ0v) is 7.38. The van der Waals surface area contributed by atoms with Crippen molar-refractivity contribution in [2.45, 2.75) is 0 Å². The number of hydrogen-bond acceptors (Lipinski definition) is 4. The normalized spacial score (nSPS) is 10.4. The van der Waals surface area contributed by atoms with Gasteiger partial charge in [0.05, 0.1) is 11.7 Å². The van der Waals surface area contributed by atoms with Crippen LogP contribution in [0.2, 0.25) is 0 Å². The predicted octanol–water partition coefficient (Wildman–Crippen LogP) is 1.13. The van der Waals surface area contributed by atoms with Crippen LogP contribution in [0.1, 0.15) is 0 Å². The molecule has 0 aromatic carbocycles. The van der Waals surface area contributed by atoms with Crippen molar-refractivity contribution in [3.63, 3.8) is 0 Å². The molecule has 0 unspecified atom stereocenters. The molecule has 2 aromatic rings. The highest BCUT2D eigenvalue weighted by molar-refractivity contribution is 7.14. The summed E-state index contributed by atoms with van der Waals surface area (Å²) in [4.78, 5) is 4.14. The number of nitrogens with two attached hydrogens (primary N) is 1. The van der Waals surface area contributed by atoms with Crippen LogP contribution in [-0.4, -0.2) is 14.8 Å². The molecule has 0 aliphatic rings. The van der Waals surface area contributed by atoms with Crippen molar-refractivity contribution < 1.29 is 0 Å². The lowest BCUT2D eigenvalue weighted by Gasteiger charge is -1.90. The lowest BCUT2D eigenvalue weighted by molar-refractivity contribution is 0.768. The molecule has 5 heteroatoms. The van der Waals surface area contributed by atoms with Gasteiger partial charge in [0, 0.05) is 18.8 Å². The van der Waals surface area contributed by atoms with Crippen LogP contribution >= 0.6 is 11.3 Å². The molecule has 4 nitrogen and oxygen atoms in total. The van der Waals surface area contributed by atoms with E-state index in [4.69, 9.17) is 5.73 Å². The molecule has 0 atom stereocenters.